The molecule has 0 bridgehead atoms. The number of hydrogen-bond donors (Lipinski definition) is 2. The van der Waals surface area contributed by atoms with Gasteiger partial charge in [-0.25, -0.2) is 0 Å². The number of ether oxygens (including phenoxy) is 19. The number of imide groups is 1. The average Bonchev–Trinajstić information content (AvgIpc) is 1.52. The minimum atomic E-state index is -1.93. The van der Waals surface area contributed by atoms with E-state index in [1.165, 1.54) is 19.1 Å². The smallest absolute Gasteiger partial charge is 0.303 e. The van der Waals surface area contributed by atoms with E-state index in [4.69, 9.17) is 90.0 Å². The van der Waals surface area contributed by atoms with Crippen LogP contribution in [0, 0.1) is 0 Å². The summed E-state index contributed by atoms with van der Waals surface area (Å²) in [6.07, 6.45) is -25.5. The highest BCUT2D eigenvalue weighted by Crippen LogP contribution is 2.42. The van der Waals surface area contributed by atoms with E-state index in [-0.39, 0.29) is 90.4 Å². The summed E-state index contributed by atoms with van der Waals surface area (Å²) in [5, 5.41) is 24.8. The van der Waals surface area contributed by atoms with Crippen molar-refractivity contribution in [3.8, 4) is 11.5 Å². The molecule has 20 atom stereocenters. The lowest BCUT2D eigenvalue weighted by Crippen LogP contribution is -2.70. The number of carbonyl (C=O) groups excluding carboxylic acids is 3. The van der Waals surface area contributed by atoms with Gasteiger partial charge in [0.2, 0.25) is 0 Å². The molecule has 2 N–H and O–H groups in total. The van der Waals surface area contributed by atoms with E-state index >= 15 is 9.59 Å². The van der Waals surface area contributed by atoms with Crippen molar-refractivity contribution in [3.63, 3.8) is 0 Å². The Hall–Kier alpha value is -10.3. The van der Waals surface area contributed by atoms with Crippen LogP contribution < -0.4 is 9.47 Å². The zero-order valence-electron chi connectivity index (χ0n) is 69.3. The van der Waals surface area contributed by atoms with Crippen molar-refractivity contribution >= 4 is 17.8 Å². The van der Waals surface area contributed by atoms with E-state index in [2.05, 4.69) is 0 Å². The first-order valence-corrected chi connectivity index (χ1v) is 42.0. The number of carbonyl (C=O) groups is 3. The summed E-state index contributed by atoms with van der Waals surface area (Å²) in [4.78, 5) is 45.9. The monoisotopic (exact) mass is 1690 g/mol. The molecule has 4 fully saturated rings. The number of rotatable bonds is 41. The predicted octanol–water partition coefficient (Wildman–Crippen LogP) is 13.1. The first kappa shape index (κ1) is 88.5. The van der Waals surface area contributed by atoms with Crippen molar-refractivity contribution in [2.24, 2.45) is 0 Å². The van der Waals surface area contributed by atoms with Crippen LogP contribution in [0.4, 0.5) is 0 Å². The summed E-state index contributed by atoms with van der Waals surface area (Å²) >= 11 is 0. The van der Waals surface area contributed by atoms with Gasteiger partial charge in [0, 0.05) is 6.92 Å². The zero-order valence-corrected chi connectivity index (χ0v) is 69.3. The molecule has 0 saturated carbocycles. The highest BCUT2D eigenvalue weighted by Gasteiger charge is 2.61. The molecule has 0 aromatic heterocycles. The predicted molar refractivity (Wildman–Crippen MR) is 451 cm³/mol. The van der Waals surface area contributed by atoms with Gasteiger partial charge in [-0.05, 0) is 87.8 Å². The molecule has 15 rings (SSSR count). The van der Waals surface area contributed by atoms with Gasteiger partial charge in [0.15, 0.2) is 31.3 Å². The van der Waals surface area contributed by atoms with E-state index in [0.29, 0.717) is 11.5 Å². The maximum Gasteiger partial charge on any atom is 0.303 e. The summed E-state index contributed by atoms with van der Waals surface area (Å²) < 4.78 is 132. The quantitative estimate of drug-likeness (QED) is 0.0205. The SMILES string of the molecule is COc1ccc(OCCO[C@@H]2O[C@H](CO[C@@H]3O[C@H](COCc4ccccc4)[C@@H](OCc4ccccc4)[C@H](OCc4ccccc4)[C@H]3OCc3ccccc3)[C@@H](OCc3ccccc3)[C@H](OCc3ccccc3)[C@H]2O[C@H]2O[C@H](CO)[C@@H](O)[C@H](O[C@@H]3O[C@@H](C)[C@H](OCc4ccccc4)[C@@H](OCc4ccccc4)[C@H]3OC(C)=O)[C@H]2N2C(=O)c3ccccc3C2=O)cc1. The van der Waals surface area contributed by atoms with Gasteiger partial charge in [0.25, 0.3) is 11.8 Å². The van der Waals surface area contributed by atoms with Crippen LogP contribution in [0.2, 0.25) is 0 Å². The third kappa shape index (κ3) is 23.0. The normalized spacial score (nSPS) is 26.8. The second-order valence-corrected chi connectivity index (χ2v) is 30.9. The van der Waals surface area contributed by atoms with Crippen molar-refractivity contribution in [1.29, 1.82) is 0 Å². The number of methoxy groups -OCH3 is 1. The molecule has 650 valence electrons. The molecule has 2 amide bonds. The van der Waals surface area contributed by atoms with Gasteiger partial charge in [-0.3, -0.25) is 19.3 Å². The Kier molecular flexibility index (Phi) is 31.8. The van der Waals surface area contributed by atoms with Crippen molar-refractivity contribution in [3.05, 3.63) is 347 Å². The molecule has 10 aromatic rings. The maximum atomic E-state index is 15.6. The molecule has 10 aromatic carbocycles. The van der Waals surface area contributed by atoms with E-state index < -0.39 is 147 Å². The summed E-state index contributed by atoms with van der Waals surface area (Å²) in [6, 6.07) is 88.4. The van der Waals surface area contributed by atoms with Crippen molar-refractivity contribution in [2.75, 3.05) is 40.1 Å². The Morgan fingerprint density at radius 2 is 0.702 bits per heavy atom. The number of hydrogen-bond acceptors (Lipinski definition) is 24. The topological polar surface area (TPSA) is 270 Å². The Labute approximate surface area is 721 Å². The first-order chi connectivity index (χ1) is 60.9. The Balaban J connectivity index is 0.831. The molecule has 0 spiro atoms. The van der Waals surface area contributed by atoms with E-state index in [1.807, 2.05) is 243 Å². The lowest BCUT2D eigenvalue weighted by atomic mass is 9.93. The average molecular weight is 1690 g/mol. The van der Waals surface area contributed by atoms with Crippen LogP contribution in [0.5, 0.6) is 11.5 Å². The number of aliphatic hydroxyl groups is 2. The van der Waals surface area contributed by atoms with E-state index in [0.717, 1.165) is 49.4 Å². The molecule has 0 aliphatic carbocycles. The summed E-state index contributed by atoms with van der Waals surface area (Å²) in [7, 11) is 1.57. The fourth-order valence-electron chi connectivity index (χ4n) is 16.0. The zero-order chi connectivity index (χ0) is 85.4. The van der Waals surface area contributed by atoms with Crippen molar-refractivity contribution < 1.29 is 115 Å². The number of aliphatic hydroxyl groups excluding tert-OH is 2. The van der Waals surface area contributed by atoms with Gasteiger partial charge in [-0.1, -0.05) is 255 Å². The molecule has 5 heterocycles. The lowest BCUT2D eigenvalue weighted by Gasteiger charge is -2.52. The van der Waals surface area contributed by atoms with Crippen LogP contribution in [0.3, 0.4) is 0 Å². The molecule has 0 radical (unpaired) electrons. The molecular weight excluding hydrogens is 1590 g/mol. The third-order valence-corrected chi connectivity index (χ3v) is 22.2. The fraction of sp³-hybridized carbons (Fsp3) is 0.364. The highest BCUT2D eigenvalue weighted by molar-refractivity contribution is 6.21. The van der Waals surface area contributed by atoms with Gasteiger partial charge >= 0.3 is 5.97 Å². The van der Waals surface area contributed by atoms with Crippen LogP contribution >= 0.6 is 0 Å². The molecule has 0 unspecified atom stereocenters. The molecule has 4 saturated heterocycles. The number of benzene rings is 10. The molecule has 25 nitrogen and oxygen atoms in total. The van der Waals surface area contributed by atoms with Crippen LogP contribution in [-0.2, 0) is 138 Å². The number of nitrogens with zero attached hydrogens (tertiary/aromatic N) is 1. The van der Waals surface area contributed by atoms with Gasteiger partial charge in [0.05, 0.1) is 104 Å². The maximum absolute atomic E-state index is 15.6. The van der Waals surface area contributed by atoms with Crippen LogP contribution in [0.15, 0.2) is 291 Å². The molecule has 124 heavy (non-hydrogen) atoms. The highest BCUT2D eigenvalue weighted by atomic mass is 16.8. The van der Waals surface area contributed by atoms with Gasteiger partial charge in [-0.2, -0.15) is 0 Å². The number of fused-ring (bicyclic) bond motifs is 1. The Morgan fingerprint density at radius 1 is 0.347 bits per heavy atom. The lowest BCUT2D eigenvalue weighted by molar-refractivity contribution is -0.385. The van der Waals surface area contributed by atoms with Gasteiger partial charge < -0.3 is 100 Å². The van der Waals surface area contributed by atoms with Crippen molar-refractivity contribution in [1.82, 2.24) is 4.90 Å². The standard InChI is InChI=1S/C99H105NO24/c1-65-84(110-56-68-32-14-5-15-33-68)88(113-59-71-38-20-8-21-39-71)93(119-66(2)102)99(118-65)123-87-82(100-94(104)77-46-28-29-47-78(77)95(100)105)96(120-79(54-101)83(87)103)124-92-90(115-61-73-42-24-10-25-43-73)86(112-58-70-36-18-7-19-37-70)81(122-98(92)109-53-52-108-76-50-48-75(106-3)49-51-76)64-117-97-91(116-62-74-44-26-11-27-45-74)89(114-60-72-40-22-9-23-41-72)85(111-57-69-34-16-6-17-35-69)80(121-97)63-107-55-67-30-12-4-13-31-67/h4-51,65,79-93,96-99,101,103H,52-64H2,1-3H3/t65-,79+,80+,81+,82+,83+,84-,85+,86+,87+,88+,89-,90-,91+,92+,93+,96+,97+,98+,99-/m0/s1. The fourth-order valence-corrected chi connectivity index (χ4v) is 16.0. The second kappa shape index (κ2) is 44.5. The summed E-state index contributed by atoms with van der Waals surface area (Å²) in [6.45, 7) is 2.05. The van der Waals surface area contributed by atoms with Crippen molar-refractivity contribution in [2.45, 2.75) is 189 Å². The number of amides is 2. The second-order valence-electron chi connectivity index (χ2n) is 30.9. The third-order valence-electron chi connectivity index (χ3n) is 22.2. The minimum Gasteiger partial charge on any atom is -0.497 e. The largest absolute Gasteiger partial charge is 0.497 e. The number of esters is 1. The Bertz CT molecular complexity index is 4830. The minimum absolute atomic E-state index is 0.00434. The van der Waals surface area contributed by atoms with Crippen LogP contribution in [0.25, 0.3) is 0 Å². The van der Waals surface area contributed by atoms with E-state index in [9.17, 15) is 15.0 Å². The summed E-state index contributed by atoms with van der Waals surface area (Å²) in [5.41, 5.74) is 6.71. The van der Waals surface area contributed by atoms with Crippen LogP contribution in [-0.4, -0.2) is 196 Å². The summed E-state index contributed by atoms with van der Waals surface area (Å²) in [5.74, 6) is -1.30. The molecule has 5 aliphatic heterocycles. The van der Waals surface area contributed by atoms with Crippen LogP contribution in [0.1, 0.15) is 79.1 Å². The Morgan fingerprint density at radius 3 is 1.13 bits per heavy atom. The molecular formula is C99H105NO24. The van der Waals surface area contributed by atoms with Gasteiger partial charge in [-0.15, -0.1) is 0 Å². The first-order valence-electron chi connectivity index (χ1n) is 42.0. The molecule has 25 heteroatoms. The molecule has 5 aliphatic rings. The van der Waals surface area contributed by atoms with Gasteiger partial charge in [0.1, 0.15) is 103 Å². The van der Waals surface area contributed by atoms with E-state index in [1.54, 1.807) is 50.4 Å².